The Labute approximate surface area is 137 Å². The van der Waals surface area contributed by atoms with Crippen LogP contribution in [0.4, 0.5) is 5.95 Å². The number of hydrogen-bond acceptors (Lipinski definition) is 6. The van der Waals surface area contributed by atoms with E-state index in [0.717, 1.165) is 50.8 Å². The maximum atomic E-state index is 4.55. The molecule has 0 saturated carbocycles. The van der Waals surface area contributed by atoms with Gasteiger partial charge in [0.05, 0.1) is 0 Å². The van der Waals surface area contributed by atoms with Crippen molar-refractivity contribution in [3.63, 3.8) is 0 Å². The molecule has 1 aliphatic heterocycles. The highest BCUT2D eigenvalue weighted by atomic mass is 15.3. The molecule has 6 heteroatoms. The fourth-order valence-electron chi connectivity index (χ4n) is 2.77. The van der Waals surface area contributed by atoms with Gasteiger partial charge in [0, 0.05) is 69.6 Å². The molecule has 3 heterocycles. The van der Waals surface area contributed by atoms with Gasteiger partial charge in [0.15, 0.2) is 0 Å². The molecular weight excluding hydrogens is 288 g/mol. The number of hydrogen-bond donors (Lipinski definition) is 0. The van der Waals surface area contributed by atoms with Crippen LogP contribution >= 0.6 is 0 Å². The fourth-order valence-corrected chi connectivity index (χ4v) is 2.77. The van der Waals surface area contributed by atoms with Crippen LogP contribution in [0, 0.1) is 0 Å². The third-order valence-corrected chi connectivity index (χ3v) is 4.13. The Morgan fingerprint density at radius 2 is 1.57 bits per heavy atom. The SMILES string of the molecule is CN1CCN(c2ncc(CN(C)Cc3ccncc3)cn2)CC1. The lowest BCUT2D eigenvalue weighted by Crippen LogP contribution is -2.45. The summed E-state index contributed by atoms with van der Waals surface area (Å²) in [6, 6.07) is 4.09. The van der Waals surface area contributed by atoms with E-state index in [2.05, 4.69) is 43.7 Å². The molecule has 0 amide bonds. The van der Waals surface area contributed by atoms with E-state index in [1.165, 1.54) is 5.56 Å². The summed E-state index contributed by atoms with van der Waals surface area (Å²) in [5.41, 5.74) is 2.40. The molecule has 2 aromatic rings. The second-order valence-electron chi connectivity index (χ2n) is 6.21. The van der Waals surface area contributed by atoms with E-state index in [4.69, 9.17) is 0 Å². The van der Waals surface area contributed by atoms with Crippen molar-refractivity contribution in [2.24, 2.45) is 0 Å². The van der Waals surface area contributed by atoms with Crippen molar-refractivity contribution in [1.29, 1.82) is 0 Å². The summed E-state index contributed by atoms with van der Waals surface area (Å²) in [7, 11) is 4.26. The molecule has 0 spiro atoms. The van der Waals surface area contributed by atoms with Crippen molar-refractivity contribution in [3.8, 4) is 0 Å². The van der Waals surface area contributed by atoms with Gasteiger partial charge in [-0.1, -0.05) is 0 Å². The van der Waals surface area contributed by atoms with Crippen LogP contribution < -0.4 is 4.90 Å². The van der Waals surface area contributed by atoms with Crippen molar-refractivity contribution in [2.45, 2.75) is 13.1 Å². The molecule has 2 aromatic heterocycles. The summed E-state index contributed by atoms with van der Waals surface area (Å²) in [5, 5.41) is 0. The van der Waals surface area contributed by atoms with E-state index in [-0.39, 0.29) is 0 Å². The molecule has 0 bridgehead atoms. The Balaban J connectivity index is 1.55. The van der Waals surface area contributed by atoms with Crippen LogP contribution in [0.3, 0.4) is 0 Å². The molecule has 0 atom stereocenters. The predicted octanol–water partition coefficient (Wildman–Crippen LogP) is 1.26. The largest absolute Gasteiger partial charge is 0.338 e. The molecule has 1 saturated heterocycles. The highest BCUT2D eigenvalue weighted by molar-refractivity contribution is 5.30. The van der Waals surface area contributed by atoms with Gasteiger partial charge in [-0.15, -0.1) is 0 Å². The summed E-state index contributed by atoms with van der Waals surface area (Å²) < 4.78 is 0. The molecule has 0 N–H and O–H groups in total. The third kappa shape index (κ3) is 4.46. The molecule has 3 rings (SSSR count). The van der Waals surface area contributed by atoms with Crippen molar-refractivity contribution in [3.05, 3.63) is 48.0 Å². The average Bonchev–Trinajstić information content (AvgIpc) is 2.57. The van der Waals surface area contributed by atoms with Crippen molar-refractivity contribution in [2.75, 3.05) is 45.2 Å². The standard InChI is InChI=1S/C17H24N6/c1-21-7-9-23(10-8-21)17-19-11-16(12-20-17)14-22(2)13-15-3-5-18-6-4-15/h3-6,11-12H,7-10,13-14H2,1-2H3. The minimum Gasteiger partial charge on any atom is -0.338 e. The Morgan fingerprint density at radius 1 is 0.957 bits per heavy atom. The van der Waals surface area contributed by atoms with E-state index < -0.39 is 0 Å². The van der Waals surface area contributed by atoms with Gasteiger partial charge in [-0.05, 0) is 31.8 Å². The van der Waals surface area contributed by atoms with Crippen molar-refractivity contribution in [1.82, 2.24) is 24.8 Å². The molecule has 0 aliphatic carbocycles. The molecule has 0 aromatic carbocycles. The van der Waals surface area contributed by atoms with E-state index in [1.807, 2.05) is 36.9 Å². The quantitative estimate of drug-likeness (QED) is 0.828. The first-order valence-electron chi connectivity index (χ1n) is 8.02. The minimum atomic E-state index is 0.839. The molecular formula is C17H24N6. The monoisotopic (exact) mass is 312 g/mol. The van der Waals surface area contributed by atoms with E-state index in [1.54, 1.807) is 0 Å². The van der Waals surface area contributed by atoms with Gasteiger partial charge >= 0.3 is 0 Å². The number of nitrogens with zero attached hydrogens (tertiary/aromatic N) is 6. The maximum absolute atomic E-state index is 4.55. The maximum Gasteiger partial charge on any atom is 0.225 e. The summed E-state index contributed by atoms with van der Waals surface area (Å²) in [6.07, 6.45) is 7.56. The van der Waals surface area contributed by atoms with Crippen LogP contribution in [-0.4, -0.2) is 65.0 Å². The van der Waals surface area contributed by atoms with Crippen LogP contribution in [0.2, 0.25) is 0 Å². The van der Waals surface area contributed by atoms with Gasteiger partial charge in [0.1, 0.15) is 0 Å². The number of rotatable bonds is 5. The van der Waals surface area contributed by atoms with Crippen LogP contribution in [0.5, 0.6) is 0 Å². The lowest BCUT2D eigenvalue weighted by Gasteiger charge is -2.32. The van der Waals surface area contributed by atoms with Crippen LogP contribution in [0.25, 0.3) is 0 Å². The minimum absolute atomic E-state index is 0.839. The zero-order valence-electron chi connectivity index (χ0n) is 13.9. The number of likely N-dealkylation sites (N-methyl/N-ethyl adjacent to an activating group) is 1. The van der Waals surface area contributed by atoms with Gasteiger partial charge in [0.2, 0.25) is 5.95 Å². The first-order chi connectivity index (χ1) is 11.2. The first kappa shape index (κ1) is 15.8. The average molecular weight is 312 g/mol. The summed E-state index contributed by atoms with van der Waals surface area (Å²) in [6.45, 7) is 5.86. The number of anilines is 1. The lowest BCUT2D eigenvalue weighted by atomic mass is 10.2. The Hall–Kier alpha value is -2.05. The van der Waals surface area contributed by atoms with Crippen LogP contribution in [-0.2, 0) is 13.1 Å². The van der Waals surface area contributed by atoms with E-state index in [0.29, 0.717) is 0 Å². The zero-order valence-corrected chi connectivity index (χ0v) is 13.9. The van der Waals surface area contributed by atoms with Gasteiger partial charge in [0.25, 0.3) is 0 Å². The Kier molecular flexibility index (Phi) is 5.15. The summed E-state index contributed by atoms with van der Waals surface area (Å²) in [5.74, 6) is 0.846. The van der Waals surface area contributed by atoms with Crippen LogP contribution in [0.15, 0.2) is 36.9 Å². The second kappa shape index (κ2) is 7.48. The van der Waals surface area contributed by atoms with Crippen LogP contribution in [0.1, 0.15) is 11.1 Å². The summed E-state index contributed by atoms with van der Waals surface area (Å²) >= 11 is 0. The van der Waals surface area contributed by atoms with E-state index in [9.17, 15) is 0 Å². The van der Waals surface area contributed by atoms with Gasteiger partial charge in [-0.2, -0.15) is 0 Å². The first-order valence-corrected chi connectivity index (χ1v) is 8.02. The highest BCUT2D eigenvalue weighted by Crippen LogP contribution is 2.11. The Morgan fingerprint density at radius 3 is 2.22 bits per heavy atom. The zero-order chi connectivity index (χ0) is 16.1. The lowest BCUT2D eigenvalue weighted by molar-refractivity contribution is 0.310. The van der Waals surface area contributed by atoms with E-state index >= 15 is 0 Å². The van der Waals surface area contributed by atoms with Gasteiger partial charge < -0.3 is 9.80 Å². The molecule has 23 heavy (non-hydrogen) atoms. The number of pyridine rings is 1. The number of aromatic nitrogens is 3. The molecule has 122 valence electrons. The normalized spacial score (nSPS) is 16.0. The van der Waals surface area contributed by atoms with Crippen molar-refractivity contribution < 1.29 is 0 Å². The second-order valence-corrected chi connectivity index (χ2v) is 6.21. The molecule has 0 unspecified atom stereocenters. The highest BCUT2D eigenvalue weighted by Gasteiger charge is 2.16. The molecule has 1 aliphatic rings. The fraction of sp³-hybridized carbons (Fsp3) is 0.471. The topological polar surface area (TPSA) is 48.4 Å². The van der Waals surface area contributed by atoms with Gasteiger partial charge in [-0.25, -0.2) is 9.97 Å². The van der Waals surface area contributed by atoms with Crippen molar-refractivity contribution >= 4 is 5.95 Å². The smallest absolute Gasteiger partial charge is 0.225 e. The molecule has 1 fully saturated rings. The molecule has 6 nitrogen and oxygen atoms in total. The predicted molar refractivity (Wildman–Crippen MR) is 91.2 cm³/mol. The van der Waals surface area contributed by atoms with Gasteiger partial charge in [-0.3, -0.25) is 9.88 Å². The Bertz CT molecular complexity index is 592. The number of piperazine rings is 1. The third-order valence-electron chi connectivity index (χ3n) is 4.13. The summed E-state index contributed by atoms with van der Waals surface area (Å²) in [4.78, 5) is 20.0. The molecule has 0 radical (unpaired) electrons.